The lowest BCUT2D eigenvalue weighted by molar-refractivity contribution is 1.23. The number of hydrogen-bond acceptors (Lipinski definition) is 0. The van der Waals surface area contributed by atoms with Crippen molar-refractivity contribution in [3.05, 3.63) is 57.9 Å². The Morgan fingerprint density at radius 2 is 1.83 bits per heavy atom. The molecule has 1 aliphatic rings. The Kier molecular flexibility index (Phi) is 2.84. The second kappa shape index (κ2) is 4.37. The molecular formula is C17H17P. The van der Waals surface area contributed by atoms with Crippen LogP contribution in [0.2, 0.25) is 0 Å². The van der Waals surface area contributed by atoms with Gasteiger partial charge in [-0.05, 0) is 47.5 Å². The van der Waals surface area contributed by atoms with Gasteiger partial charge in [0, 0.05) is 0 Å². The third-order valence-electron chi connectivity index (χ3n) is 3.47. The van der Waals surface area contributed by atoms with E-state index in [4.69, 9.17) is 0 Å². The smallest absolute Gasteiger partial charge is 0.00671 e. The Morgan fingerprint density at radius 3 is 2.67 bits per heavy atom. The van der Waals surface area contributed by atoms with Crippen molar-refractivity contribution >= 4 is 32.2 Å². The Balaban J connectivity index is 2.38. The van der Waals surface area contributed by atoms with Crippen LogP contribution in [0.3, 0.4) is 0 Å². The van der Waals surface area contributed by atoms with Crippen LogP contribution in [0.25, 0.3) is 22.9 Å². The highest BCUT2D eigenvalue weighted by atomic mass is 31.0. The fraction of sp³-hybridized carbons (Fsp3) is 0.176. The highest BCUT2D eigenvalue weighted by Crippen LogP contribution is 2.33. The summed E-state index contributed by atoms with van der Waals surface area (Å²) in [5, 5.41) is 4.04. The molecule has 1 aliphatic carbocycles. The topological polar surface area (TPSA) is 0 Å². The van der Waals surface area contributed by atoms with Crippen molar-refractivity contribution in [1.29, 1.82) is 0 Å². The molecule has 0 fully saturated rings. The van der Waals surface area contributed by atoms with Crippen LogP contribution in [0.15, 0.2) is 41.2 Å². The second-order valence-electron chi connectivity index (χ2n) is 5.18. The van der Waals surface area contributed by atoms with Crippen LogP contribution in [0.5, 0.6) is 0 Å². The number of fused-ring (bicyclic) bond motifs is 3. The summed E-state index contributed by atoms with van der Waals surface area (Å²) in [5.74, 6) is 0. The van der Waals surface area contributed by atoms with Crippen LogP contribution in [-0.4, -0.2) is 0 Å². The molecule has 18 heavy (non-hydrogen) atoms. The van der Waals surface area contributed by atoms with Crippen LogP contribution in [-0.2, 0) is 0 Å². The van der Waals surface area contributed by atoms with E-state index in [1.807, 2.05) is 0 Å². The van der Waals surface area contributed by atoms with Crippen LogP contribution >= 0.6 is 9.24 Å². The highest BCUT2D eigenvalue weighted by Gasteiger charge is 2.08. The maximum absolute atomic E-state index is 2.85. The number of hydrogen-bond donors (Lipinski definition) is 0. The first-order valence-corrected chi connectivity index (χ1v) is 6.88. The maximum Gasteiger partial charge on any atom is -0.00671 e. The Labute approximate surface area is 111 Å². The van der Waals surface area contributed by atoms with Crippen LogP contribution in [0.4, 0.5) is 0 Å². The normalized spacial score (nSPS) is 14.8. The van der Waals surface area contributed by atoms with Gasteiger partial charge < -0.3 is 0 Å². The summed E-state index contributed by atoms with van der Waals surface area (Å²) in [5.41, 5.74) is 5.43. The highest BCUT2D eigenvalue weighted by molar-refractivity contribution is 7.22. The van der Waals surface area contributed by atoms with Gasteiger partial charge >= 0.3 is 0 Å². The average Bonchev–Trinajstić information content (AvgIpc) is 2.45. The van der Waals surface area contributed by atoms with Crippen molar-refractivity contribution in [3.63, 3.8) is 0 Å². The van der Waals surface area contributed by atoms with E-state index in [0.717, 1.165) is 6.42 Å². The molecule has 0 radical (unpaired) electrons. The van der Waals surface area contributed by atoms with Gasteiger partial charge in [0.05, 0.1) is 0 Å². The molecule has 0 nitrogen and oxygen atoms in total. The number of rotatable bonds is 0. The summed E-state index contributed by atoms with van der Waals surface area (Å²) < 4.78 is 0. The van der Waals surface area contributed by atoms with Gasteiger partial charge in [-0.1, -0.05) is 53.6 Å². The van der Waals surface area contributed by atoms with Gasteiger partial charge in [0.1, 0.15) is 0 Å². The fourth-order valence-electron chi connectivity index (χ4n) is 2.65. The Bertz CT molecular complexity index is 690. The average molecular weight is 252 g/mol. The summed E-state index contributed by atoms with van der Waals surface area (Å²) in [4.78, 5) is 0. The van der Waals surface area contributed by atoms with Gasteiger partial charge in [-0.25, -0.2) is 0 Å². The molecular weight excluding hydrogens is 235 g/mol. The first kappa shape index (κ1) is 11.7. The summed E-state index contributed by atoms with van der Waals surface area (Å²) in [6.07, 6.45) is 5.67. The molecule has 1 unspecified atom stereocenters. The molecule has 1 heteroatoms. The Morgan fingerprint density at radius 1 is 1.00 bits per heavy atom. The van der Waals surface area contributed by atoms with E-state index >= 15 is 0 Å². The lowest BCUT2D eigenvalue weighted by atomic mass is 9.97. The molecule has 0 bridgehead atoms. The van der Waals surface area contributed by atoms with E-state index < -0.39 is 0 Å². The molecule has 0 spiro atoms. The standard InChI is InChI=1S/C17H17P/c1-11-3-6-16-13(7-11)4-5-14-10-15(18)8-12(2)9-17(14)16/h3-7,9-10H,8,18H2,1-2H3. The molecule has 0 heterocycles. The first-order valence-electron chi connectivity index (χ1n) is 6.30. The molecule has 0 amide bonds. The van der Waals surface area contributed by atoms with E-state index in [-0.39, 0.29) is 0 Å². The van der Waals surface area contributed by atoms with Crippen molar-refractivity contribution < 1.29 is 0 Å². The van der Waals surface area contributed by atoms with Gasteiger partial charge in [0.15, 0.2) is 0 Å². The maximum atomic E-state index is 2.85. The predicted molar refractivity (Wildman–Crippen MR) is 84.6 cm³/mol. The predicted octanol–water partition coefficient (Wildman–Crippen LogP) is 5.17. The molecule has 0 saturated carbocycles. The van der Waals surface area contributed by atoms with Crippen molar-refractivity contribution in [2.75, 3.05) is 0 Å². The third-order valence-corrected chi connectivity index (χ3v) is 3.84. The molecule has 0 saturated heterocycles. The summed E-state index contributed by atoms with van der Waals surface area (Å²) in [6.45, 7) is 4.35. The van der Waals surface area contributed by atoms with E-state index in [9.17, 15) is 0 Å². The largest absolute Gasteiger partial charge is 0.110 e. The zero-order chi connectivity index (χ0) is 12.7. The fourth-order valence-corrected chi connectivity index (χ4v) is 3.15. The number of allylic oxidation sites excluding steroid dienone is 2. The van der Waals surface area contributed by atoms with E-state index in [0.29, 0.717) is 0 Å². The van der Waals surface area contributed by atoms with Gasteiger partial charge in [-0.2, -0.15) is 0 Å². The minimum Gasteiger partial charge on any atom is -0.110 e. The minimum atomic E-state index is 1.05. The Hall–Kier alpha value is -1.39. The van der Waals surface area contributed by atoms with Gasteiger partial charge in [0.25, 0.3) is 0 Å². The van der Waals surface area contributed by atoms with Crippen LogP contribution in [0.1, 0.15) is 30.0 Å². The molecule has 1 atom stereocenters. The van der Waals surface area contributed by atoms with Crippen molar-refractivity contribution in [1.82, 2.24) is 0 Å². The monoisotopic (exact) mass is 252 g/mol. The van der Waals surface area contributed by atoms with E-state index in [1.165, 1.54) is 38.4 Å². The molecule has 3 rings (SSSR count). The SMILES string of the molecule is CC1=Cc2c(ccc3cc(C)ccc23)C=C(P)C1. The summed E-state index contributed by atoms with van der Waals surface area (Å²) >= 11 is 0. The molecule has 0 aromatic heterocycles. The zero-order valence-corrected chi connectivity index (χ0v) is 12.0. The first-order chi connectivity index (χ1) is 8.63. The molecule has 2 aromatic rings. The quantitative estimate of drug-likeness (QED) is 0.567. The lowest BCUT2D eigenvalue weighted by Crippen LogP contribution is -1.85. The molecule has 0 aliphatic heterocycles. The van der Waals surface area contributed by atoms with Crippen molar-refractivity contribution in [2.24, 2.45) is 0 Å². The van der Waals surface area contributed by atoms with Crippen molar-refractivity contribution in [2.45, 2.75) is 20.3 Å². The molecule has 2 aromatic carbocycles. The third kappa shape index (κ3) is 2.02. The van der Waals surface area contributed by atoms with Crippen molar-refractivity contribution in [3.8, 4) is 0 Å². The van der Waals surface area contributed by atoms with E-state index in [1.54, 1.807) is 0 Å². The second-order valence-corrected chi connectivity index (χ2v) is 5.92. The summed E-state index contributed by atoms with van der Waals surface area (Å²) in [7, 11) is 2.85. The lowest BCUT2D eigenvalue weighted by Gasteiger charge is -2.07. The molecule has 90 valence electrons. The van der Waals surface area contributed by atoms with Gasteiger partial charge in [-0.3, -0.25) is 0 Å². The summed E-state index contributed by atoms with van der Waals surface area (Å²) in [6, 6.07) is 11.2. The molecule has 0 N–H and O–H groups in total. The minimum absolute atomic E-state index is 1.05. The zero-order valence-electron chi connectivity index (χ0n) is 10.8. The van der Waals surface area contributed by atoms with Crippen LogP contribution < -0.4 is 0 Å². The van der Waals surface area contributed by atoms with Gasteiger partial charge in [-0.15, -0.1) is 9.24 Å². The van der Waals surface area contributed by atoms with E-state index in [2.05, 4.69) is 65.6 Å². The number of aryl methyl sites for hydroxylation is 1. The van der Waals surface area contributed by atoms with Crippen LogP contribution in [0, 0.1) is 6.92 Å². The van der Waals surface area contributed by atoms with Gasteiger partial charge in [0.2, 0.25) is 0 Å². The number of benzene rings is 2.